The number of pyridine rings is 1. The largest absolute Gasteiger partial charge is 0.397 e. The molecule has 0 spiro atoms. The third-order valence-electron chi connectivity index (χ3n) is 2.78. The molecule has 0 aliphatic rings. The summed E-state index contributed by atoms with van der Waals surface area (Å²) in [6.45, 7) is 2.88. The van der Waals surface area contributed by atoms with Gasteiger partial charge in [-0.2, -0.15) is 0 Å². The van der Waals surface area contributed by atoms with Gasteiger partial charge >= 0.3 is 0 Å². The summed E-state index contributed by atoms with van der Waals surface area (Å²) in [6, 6.07) is 10.1. The Morgan fingerprint density at radius 1 is 1.24 bits per heavy atom. The summed E-state index contributed by atoms with van der Waals surface area (Å²) in [5.74, 6) is 0. The molecule has 3 heteroatoms. The van der Waals surface area contributed by atoms with Crippen molar-refractivity contribution in [2.24, 2.45) is 0 Å². The maximum atomic E-state index is 5.99. The molecule has 0 aliphatic heterocycles. The van der Waals surface area contributed by atoms with Gasteiger partial charge in [0.1, 0.15) is 0 Å². The highest BCUT2D eigenvalue weighted by atomic mass is 14.9. The van der Waals surface area contributed by atoms with Crippen LogP contribution in [-0.2, 0) is 6.42 Å². The molecule has 0 fully saturated rings. The first-order valence-electron chi connectivity index (χ1n) is 5.75. The minimum absolute atomic E-state index is 0.832. The summed E-state index contributed by atoms with van der Waals surface area (Å²) < 4.78 is 0. The monoisotopic (exact) mass is 227 g/mol. The van der Waals surface area contributed by atoms with Crippen LogP contribution in [0, 0.1) is 6.92 Å². The van der Waals surface area contributed by atoms with Gasteiger partial charge in [0, 0.05) is 18.9 Å². The molecule has 0 radical (unpaired) electrons. The van der Waals surface area contributed by atoms with E-state index in [4.69, 9.17) is 5.73 Å². The maximum absolute atomic E-state index is 5.99. The fraction of sp³-hybridized carbons (Fsp3) is 0.214. The van der Waals surface area contributed by atoms with Gasteiger partial charge in [-0.3, -0.25) is 4.98 Å². The third kappa shape index (κ3) is 2.97. The van der Waals surface area contributed by atoms with E-state index in [1.165, 1.54) is 5.56 Å². The lowest BCUT2D eigenvalue weighted by atomic mass is 10.1. The van der Waals surface area contributed by atoms with E-state index in [0.717, 1.165) is 29.9 Å². The van der Waals surface area contributed by atoms with Crippen molar-refractivity contribution < 1.29 is 0 Å². The molecule has 0 unspecified atom stereocenters. The summed E-state index contributed by atoms with van der Waals surface area (Å²) in [6.07, 6.45) is 4.62. The molecule has 17 heavy (non-hydrogen) atoms. The van der Waals surface area contributed by atoms with Crippen LogP contribution in [0.5, 0.6) is 0 Å². The predicted octanol–water partition coefficient (Wildman–Crippen LogP) is 2.63. The number of aromatic nitrogens is 1. The van der Waals surface area contributed by atoms with Gasteiger partial charge in [0.15, 0.2) is 0 Å². The number of hydrogen-bond acceptors (Lipinski definition) is 3. The molecular formula is C14H17N3. The molecular weight excluding hydrogens is 210 g/mol. The van der Waals surface area contributed by atoms with E-state index in [2.05, 4.69) is 16.4 Å². The zero-order chi connectivity index (χ0) is 12.1. The highest BCUT2D eigenvalue weighted by molar-refractivity contribution is 5.69. The van der Waals surface area contributed by atoms with Crippen molar-refractivity contribution >= 4 is 11.4 Å². The van der Waals surface area contributed by atoms with Crippen molar-refractivity contribution in [2.45, 2.75) is 13.3 Å². The molecule has 0 amide bonds. The fourth-order valence-electron chi connectivity index (χ4n) is 1.72. The van der Waals surface area contributed by atoms with E-state index < -0.39 is 0 Å². The molecule has 1 heterocycles. The molecule has 88 valence electrons. The van der Waals surface area contributed by atoms with Crippen LogP contribution in [0.15, 0.2) is 42.7 Å². The Kier molecular flexibility index (Phi) is 3.60. The first-order valence-corrected chi connectivity index (χ1v) is 5.75. The van der Waals surface area contributed by atoms with Crippen molar-refractivity contribution in [3.05, 3.63) is 53.9 Å². The number of aryl methyl sites for hydroxylation is 1. The van der Waals surface area contributed by atoms with Crippen molar-refractivity contribution in [3.63, 3.8) is 0 Å². The minimum atomic E-state index is 0.832. The number of nitrogens with one attached hydrogen (secondary N) is 1. The number of rotatable bonds is 4. The van der Waals surface area contributed by atoms with Crippen molar-refractivity contribution in [1.29, 1.82) is 0 Å². The van der Waals surface area contributed by atoms with Gasteiger partial charge in [-0.15, -0.1) is 0 Å². The quantitative estimate of drug-likeness (QED) is 0.789. The van der Waals surface area contributed by atoms with Crippen LogP contribution in [0.4, 0.5) is 11.4 Å². The fourth-order valence-corrected chi connectivity index (χ4v) is 1.72. The van der Waals surface area contributed by atoms with Gasteiger partial charge in [0.05, 0.1) is 11.4 Å². The second-order valence-electron chi connectivity index (χ2n) is 4.07. The summed E-state index contributed by atoms with van der Waals surface area (Å²) in [5.41, 5.74) is 10.2. The second kappa shape index (κ2) is 5.34. The summed E-state index contributed by atoms with van der Waals surface area (Å²) in [5, 5.41) is 3.35. The minimum Gasteiger partial charge on any atom is -0.397 e. The van der Waals surface area contributed by atoms with Crippen LogP contribution >= 0.6 is 0 Å². The van der Waals surface area contributed by atoms with E-state index in [0.29, 0.717) is 0 Å². The lowest BCUT2D eigenvalue weighted by Gasteiger charge is -2.10. The smallest absolute Gasteiger partial charge is 0.0579 e. The number of benzene rings is 1. The van der Waals surface area contributed by atoms with Crippen LogP contribution in [0.25, 0.3) is 0 Å². The van der Waals surface area contributed by atoms with Crippen molar-refractivity contribution in [2.75, 3.05) is 17.6 Å². The number of hydrogen-bond donors (Lipinski definition) is 2. The van der Waals surface area contributed by atoms with Crippen LogP contribution in [-0.4, -0.2) is 11.5 Å². The van der Waals surface area contributed by atoms with Crippen molar-refractivity contribution in [1.82, 2.24) is 4.98 Å². The van der Waals surface area contributed by atoms with E-state index in [1.807, 2.05) is 37.4 Å². The molecule has 0 bridgehead atoms. The Labute approximate surface area is 102 Å². The average molecular weight is 227 g/mol. The first kappa shape index (κ1) is 11.5. The van der Waals surface area contributed by atoms with Gasteiger partial charge < -0.3 is 11.1 Å². The van der Waals surface area contributed by atoms with E-state index in [9.17, 15) is 0 Å². The van der Waals surface area contributed by atoms with Gasteiger partial charge in [0.25, 0.3) is 0 Å². The molecule has 0 saturated heterocycles. The Morgan fingerprint density at radius 3 is 2.88 bits per heavy atom. The van der Waals surface area contributed by atoms with Crippen molar-refractivity contribution in [3.8, 4) is 0 Å². The highest BCUT2D eigenvalue weighted by Crippen LogP contribution is 2.21. The van der Waals surface area contributed by atoms with Gasteiger partial charge in [-0.1, -0.05) is 18.2 Å². The topological polar surface area (TPSA) is 50.9 Å². The summed E-state index contributed by atoms with van der Waals surface area (Å²) in [4.78, 5) is 4.09. The highest BCUT2D eigenvalue weighted by Gasteiger charge is 2.00. The Morgan fingerprint density at radius 2 is 2.12 bits per heavy atom. The van der Waals surface area contributed by atoms with Crippen LogP contribution in [0.3, 0.4) is 0 Å². The zero-order valence-corrected chi connectivity index (χ0v) is 9.98. The molecule has 3 N–H and O–H groups in total. The zero-order valence-electron chi connectivity index (χ0n) is 9.98. The van der Waals surface area contributed by atoms with Crippen LogP contribution < -0.4 is 11.1 Å². The Balaban J connectivity index is 1.93. The van der Waals surface area contributed by atoms with Crippen LogP contribution in [0.1, 0.15) is 11.1 Å². The molecule has 3 nitrogen and oxygen atoms in total. The molecule has 0 atom stereocenters. The Hall–Kier alpha value is -2.03. The third-order valence-corrected chi connectivity index (χ3v) is 2.78. The second-order valence-corrected chi connectivity index (χ2v) is 4.07. The number of nitrogens with two attached hydrogens (primary N) is 1. The summed E-state index contributed by atoms with van der Waals surface area (Å²) in [7, 11) is 0. The SMILES string of the molecule is Cc1cccc(NCCc2cccnc2)c1N. The summed E-state index contributed by atoms with van der Waals surface area (Å²) >= 11 is 0. The van der Waals surface area contributed by atoms with Gasteiger partial charge in [-0.25, -0.2) is 0 Å². The molecule has 0 saturated carbocycles. The Bertz CT molecular complexity index is 480. The van der Waals surface area contributed by atoms with Crippen LogP contribution in [0.2, 0.25) is 0 Å². The first-order chi connectivity index (χ1) is 8.27. The number of nitrogens with zero attached hydrogens (tertiary/aromatic N) is 1. The molecule has 1 aromatic heterocycles. The normalized spacial score (nSPS) is 10.2. The van der Waals surface area contributed by atoms with E-state index >= 15 is 0 Å². The van der Waals surface area contributed by atoms with E-state index in [1.54, 1.807) is 6.20 Å². The lowest BCUT2D eigenvalue weighted by molar-refractivity contribution is 1.01. The lowest BCUT2D eigenvalue weighted by Crippen LogP contribution is -2.07. The maximum Gasteiger partial charge on any atom is 0.0579 e. The number of para-hydroxylation sites is 1. The number of nitrogen functional groups attached to an aromatic ring is 1. The standard InChI is InChI=1S/C14H17N3/c1-11-4-2-6-13(14(11)15)17-9-7-12-5-3-8-16-10-12/h2-6,8,10,17H,7,9,15H2,1H3. The predicted molar refractivity (Wildman–Crippen MR) is 72.0 cm³/mol. The average Bonchev–Trinajstić information content (AvgIpc) is 2.36. The van der Waals surface area contributed by atoms with E-state index in [-0.39, 0.29) is 0 Å². The van der Waals surface area contributed by atoms with Gasteiger partial charge in [0.2, 0.25) is 0 Å². The molecule has 2 aromatic rings. The number of anilines is 2. The molecule has 0 aliphatic carbocycles. The molecule has 1 aromatic carbocycles. The molecule has 2 rings (SSSR count). The van der Waals surface area contributed by atoms with Gasteiger partial charge in [-0.05, 0) is 36.6 Å².